The minimum Gasteiger partial charge on any atom is -0.503 e. The summed E-state index contributed by atoms with van der Waals surface area (Å²) in [7, 11) is 0. The van der Waals surface area contributed by atoms with Gasteiger partial charge in [-0.25, -0.2) is 0 Å². The number of hydrogen-bond acceptors (Lipinski definition) is 3. The third kappa shape index (κ3) is 3.66. The SMILES string of the molecule is CC(C)c1ccc([C@H]2C(c3ccccc3)=C(O)C(=O)N2Cc2cccnc2)cc1. The summed E-state index contributed by atoms with van der Waals surface area (Å²) in [6.07, 6.45) is 3.46. The molecule has 2 heterocycles. The van der Waals surface area contributed by atoms with E-state index >= 15 is 0 Å². The molecule has 1 aromatic heterocycles. The lowest BCUT2D eigenvalue weighted by molar-refractivity contribution is -0.130. The van der Waals surface area contributed by atoms with Gasteiger partial charge >= 0.3 is 0 Å². The number of hydrogen-bond donors (Lipinski definition) is 1. The molecular formula is C25H24N2O2. The molecule has 1 amide bonds. The van der Waals surface area contributed by atoms with Gasteiger partial charge in [-0.3, -0.25) is 9.78 Å². The molecule has 0 saturated heterocycles. The Morgan fingerprint density at radius 1 is 1.00 bits per heavy atom. The fraction of sp³-hybridized carbons (Fsp3) is 0.200. The summed E-state index contributed by atoms with van der Waals surface area (Å²) in [6.45, 7) is 4.69. The second-order valence-corrected chi connectivity index (χ2v) is 7.65. The number of amides is 1. The predicted molar refractivity (Wildman–Crippen MR) is 114 cm³/mol. The summed E-state index contributed by atoms with van der Waals surface area (Å²) in [5.74, 6) is -0.109. The van der Waals surface area contributed by atoms with E-state index in [9.17, 15) is 9.90 Å². The summed E-state index contributed by atoms with van der Waals surface area (Å²) in [5, 5.41) is 10.8. The molecule has 0 bridgehead atoms. The highest BCUT2D eigenvalue weighted by atomic mass is 16.3. The molecule has 1 aliphatic rings. The second kappa shape index (κ2) is 7.92. The van der Waals surface area contributed by atoms with Crippen molar-refractivity contribution in [2.75, 3.05) is 0 Å². The summed E-state index contributed by atoms with van der Waals surface area (Å²) >= 11 is 0. The lowest BCUT2D eigenvalue weighted by Crippen LogP contribution is -2.29. The predicted octanol–water partition coefficient (Wildman–Crippen LogP) is 5.26. The zero-order chi connectivity index (χ0) is 20.4. The van der Waals surface area contributed by atoms with Gasteiger partial charge in [-0.2, -0.15) is 0 Å². The molecule has 4 nitrogen and oxygen atoms in total. The van der Waals surface area contributed by atoms with Gasteiger partial charge in [0.2, 0.25) is 0 Å². The topological polar surface area (TPSA) is 53.4 Å². The van der Waals surface area contributed by atoms with Gasteiger partial charge < -0.3 is 10.0 Å². The number of aromatic nitrogens is 1. The zero-order valence-electron chi connectivity index (χ0n) is 16.6. The van der Waals surface area contributed by atoms with Crippen LogP contribution in [0.15, 0.2) is 84.9 Å². The van der Waals surface area contributed by atoms with Gasteiger partial charge in [0.25, 0.3) is 5.91 Å². The Morgan fingerprint density at radius 2 is 1.72 bits per heavy atom. The van der Waals surface area contributed by atoms with Gasteiger partial charge in [-0.1, -0.05) is 74.5 Å². The molecule has 146 valence electrons. The van der Waals surface area contributed by atoms with Gasteiger partial charge in [-0.15, -0.1) is 0 Å². The van der Waals surface area contributed by atoms with Gasteiger partial charge in [0.05, 0.1) is 6.04 Å². The van der Waals surface area contributed by atoms with Crippen molar-refractivity contribution in [2.24, 2.45) is 0 Å². The third-order valence-corrected chi connectivity index (χ3v) is 5.38. The van der Waals surface area contributed by atoms with Crippen molar-refractivity contribution in [1.29, 1.82) is 0 Å². The van der Waals surface area contributed by atoms with E-state index in [0.717, 1.165) is 16.7 Å². The van der Waals surface area contributed by atoms with E-state index in [1.165, 1.54) is 5.56 Å². The third-order valence-electron chi connectivity index (χ3n) is 5.38. The van der Waals surface area contributed by atoms with E-state index in [0.29, 0.717) is 18.0 Å². The Morgan fingerprint density at radius 3 is 2.34 bits per heavy atom. The van der Waals surface area contributed by atoms with E-state index in [2.05, 4.69) is 43.1 Å². The normalized spacial score (nSPS) is 16.7. The molecule has 4 heteroatoms. The minimum absolute atomic E-state index is 0.182. The first kappa shape index (κ1) is 18.9. The largest absolute Gasteiger partial charge is 0.503 e. The van der Waals surface area contributed by atoms with Crippen LogP contribution in [-0.2, 0) is 11.3 Å². The number of carbonyl (C=O) groups is 1. The van der Waals surface area contributed by atoms with Crippen LogP contribution in [0.4, 0.5) is 0 Å². The highest BCUT2D eigenvalue weighted by molar-refractivity contribution is 6.05. The quantitative estimate of drug-likeness (QED) is 0.653. The van der Waals surface area contributed by atoms with Crippen LogP contribution in [0.2, 0.25) is 0 Å². The molecule has 0 radical (unpaired) electrons. The van der Waals surface area contributed by atoms with Gasteiger partial charge in [0, 0.05) is 24.5 Å². The molecule has 0 fully saturated rings. The molecule has 0 unspecified atom stereocenters. The van der Waals surface area contributed by atoms with Gasteiger partial charge in [0.1, 0.15) is 0 Å². The fourth-order valence-corrected chi connectivity index (χ4v) is 3.83. The zero-order valence-corrected chi connectivity index (χ0v) is 16.6. The minimum atomic E-state index is -0.356. The summed E-state index contributed by atoms with van der Waals surface area (Å²) in [6, 6.07) is 21.4. The average Bonchev–Trinajstić information content (AvgIpc) is 3.00. The van der Waals surface area contributed by atoms with Crippen LogP contribution in [0.1, 0.15) is 48.1 Å². The molecule has 0 spiro atoms. The summed E-state index contributed by atoms with van der Waals surface area (Å²) < 4.78 is 0. The summed E-state index contributed by atoms with van der Waals surface area (Å²) in [5.41, 5.74) is 4.65. The molecule has 2 aromatic carbocycles. The molecule has 1 aliphatic heterocycles. The lowest BCUT2D eigenvalue weighted by atomic mass is 9.91. The second-order valence-electron chi connectivity index (χ2n) is 7.65. The van der Waals surface area contributed by atoms with Crippen molar-refractivity contribution < 1.29 is 9.90 Å². The van der Waals surface area contributed by atoms with Crippen molar-refractivity contribution in [3.8, 4) is 0 Å². The van der Waals surface area contributed by atoms with Gasteiger partial charge in [0.15, 0.2) is 5.76 Å². The smallest absolute Gasteiger partial charge is 0.290 e. The van der Waals surface area contributed by atoms with Crippen molar-refractivity contribution in [2.45, 2.75) is 32.4 Å². The molecule has 1 N–H and O–H groups in total. The molecule has 4 rings (SSSR count). The highest BCUT2D eigenvalue weighted by Crippen LogP contribution is 2.43. The van der Waals surface area contributed by atoms with Crippen LogP contribution in [0.5, 0.6) is 0 Å². The fourth-order valence-electron chi connectivity index (χ4n) is 3.83. The average molecular weight is 384 g/mol. The van der Waals surface area contributed by atoms with E-state index in [1.807, 2.05) is 42.5 Å². The van der Waals surface area contributed by atoms with Gasteiger partial charge in [-0.05, 0) is 34.2 Å². The lowest BCUT2D eigenvalue weighted by Gasteiger charge is -2.27. The standard InChI is InChI=1S/C25H24N2O2/c1-17(2)19-10-12-21(13-11-19)23-22(20-8-4-3-5-9-20)24(28)25(29)27(23)16-18-7-6-14-26-15-18/h3-15,17,23,28H,16H2,1-2H3/t23-/m0/s1. The van der Waals surface area contributed by atoms with E-state index in [-0.39, 0.29) is 17.7 Å². The Balaban J connectivity index is 1.80. The number of pyridine rings is 1. The number of carbonyl (C=O) groups excluding carboxylic acids is 1. The molecule has 0 aliphatic carbocycles. The number of rotatable bonds is 5. The van der Waals surface area contributed by atoms with Crippen LogP contribution in [0.25, 0.3) is 5.57 Å². The van der Waals surface area contributed by atoms with Crippen molar-refractivity contribution >= 4 is 11.5 Å². The van der Waals surface area contributed by atoms with Crippen LogP contribution >= 0.6 is 0 Å². The Bertz CT molecular complexity index is 1030. The molecule has 3 aromatic rings. The molecular weight excluding hydrogens is 360 g/mol. The van der Waals surface area contributed by atoms with Crippen LogP contribution in [0.3, 0.4) is 0 Å². The monoisotopic (exact) mass is 384 g/mol. The Labute approximate surface area is 171 Å². The van der Waals surface area contributed by atoms with Crippen molar-refractivity contribution in [3.63, 3.8) is 0 Å². The van der Waals surface area contributed by atoms with E-state index in [4.69, 9.17) is 0 Å². The number of benzene rings is 2. The van der Waals surface area contributed by atoms with E-state index < -0.39 is 0 Å². The first-order chi connectivity index (χ1) is 14.1. The van der Waals surface area contributed by atoms with Crippen LogP contribution in [-0.4, -0.2) is 20.9 Å². The number of aliphatic hydroxyl groups excluding tert-OH is 1. The van der Waals surface area contributed by atoms with E-state index in [1.54, 1.807) is 17.3 Å². The number of nitrogens with zero attached hydrogens (tertiary/aromatic N) is 2. The Hall–Kier alpha value is -3.40. The maximum absolute atomic E-state index is 13.0. The maximum atomic E-state index is 13.0. The highest BCUT2D eigenvalue weighted by Gasteiger charge is 2.40. The molecule has 1 atom stereocenters. The maximum Gasteiger partial charge on any atom is 0.290 e. The van der Waals surface area contributed by atoms with Crippen molar-refractivity contribution in [1.82, 2.24) is 9.88 Å². The number of aliphatic hydroxyl groups is 1. The van der Waals surface area contributed by atoms with Crippen LogP contribution in [0, 0.1) is 0 Å². The first-order valence-electron chi connectivity index (χ1n) is 9.84. The molecule has 29 heavy (non-hydrogen) atoms. The Kier molecular flexibility index (Phi) is 5.17. The van der Waals surface area contributed by atoms with Crippen LogP contribution < -0.4 is 0 Å². The molecule has 0 saturated carbocycles. The van der Waals surface area contributed by atoms with Crippen molar-refractivity contribution in [3.05, 3.63) is 107 Å². The first-order valence-corrected chi connectivity index (χ1v) is 9.84. The summed E-state index contributed by atoms with van der Waals surface area (Å²) in [4.78, 5) is 18.9.